The van der Waals surface area contributed by atoms with Gasteiger partial charge in [0.1, 0.15) is 0 Å². The topological polar surface area (TPSA) is 91.6 Å². The van der Waals surface area contributed by atoms with E-state index in [1.54, 1.807) is 6.20 Å². The van der Waals surface area contributed by atoms with Crippen LogP contribution in [0.2, 0.25) is 0 Å². The fraction of sp³-hybridized carbons (Fsp3) is 0.417. The van der Waals surface area contributed by atoms with Gasteiger partial charge < -0.3 is 10.6 Å². The van der Waals surface area contributed by atoms with E-state index in [0.717, 1.165) is 24.2 Å². The molecule has 1 aromatic heterocycles. The van der Waals surface area contributed by atoms with E-state index in [1.165, 1.54) is 4.90 Å². The molecule has 1 aliphatic heterocycles. The molecule has 4 atom stereocenters. The van der Waals surface area contributed by atoms with Gasteiger partial charge in [-0.3, -0.25) is 14.5 Å². The van der Waals surface area contributed by atoms with Crippen LogP contribution in [0.15, 0.2) is 59.9 Å². The van der Waals surface area contributed by atoms with Crippen molar-refractivity contribution in [3.05, 3.63) is 60.4 Å². The molecule has 1 saturated heterocycles. The molecule has 2 heterocycles. The lowest BCUT2D eigenvalue weighted by Crippen LogP contribution is -2.43. The maximum atomic E-state index is 12.8. The van der Waals surface area contributed by atoms with E-state index in [1.807, 2.05) is 42.1 Å². The number of aromatic nitrogens is 2. The van der Waals surface area contributed by atoms with Crippen LogP contribution in [-0.4, -0.2) is 52.1 Å². The molecule has 2 fully saturated rings. The molecule has 166 valence electrons. The first-order valence-corrected chi connectivity index (χ1v) is 11.3. The molecule has 2 bridgehead atoms. The smallest absolute Gasteiger partial charge is 0.233 e. The largest absolute Gasteiger partial charge is 0.357 e. The van der Waals surface area contributed by atoms with E-state index in [0.29, 0.717) is 25.6 Å². The highest BCUT2D eigenvalue weighted by Gasteiger charge is 2.58. The Kier molecular flexibility index (Phi) is 5.51. The van der Waals surface area contributed by atoms with Crippen LogP contribution in [0, 0.1) is 23.7 Å². The fourth-order valence-corrected chi connectivity index (χ4v) is 5.20. The number of allylic oxidation sites excluding steroid dienone is 2. The van der Waals surface area contributed by atoms with Crippen molar-refractivity contribution in [1.29, 1.82) is 0 Å². The van der Waals surface area contributed by atoms with E-state index >= 15 is 0 Å². The van der Waals surface area contributed by atoms with Gasteiger partial charge in [-0.1, -0.05) is 24.3 Å². The molecule has 8 nitrogen and oxygen atoms in total. The van der Waals surface area contributed by atoms with Gasteiger partial charge in [0.15, 0.2) is 5.96 Å². The summed E-state index contributed by atoms with van der Waals surface area (Å²) in [4.78, 5) is 31.8. The standard InChI is InChI=1S/C24H28N6O2/c1-2-25-24(27-15-16-5-3-6-19(13-16)30-11-4-9-28-30)26-10-12-29-22(31)20-17-7-8-18(14-17)21(20)23(29)32/h3-9,11,13,17-18,20-21H,2,10,12,14-15H2,1H3,(H2,25,26,27). The van der Waals surface area contributed by atoms with Crippen LogP contribution in [0.5, 0.6) is 0 Å². The highest BCUT2D eigenvalue weighted by Crippen LogP contribution is 2.52. The number of guanidine groups is 1. The van der Waals surface area contributed by atoms with Gasteiger partial charge in [-0.2, -0.15) is 5.10 Å². The first-order chi connectivity index (χ1) is 15.7. The van der Waals surface area contributed by atoms with Crippen LogP contribution < -0.4 is 10.6 Å². The third kappa shape index (κ3) is 3.70. The number of likely N-dealkylation sites (tertiary alicyclic amines) is 1. The van der Waals surface area contributed by atoms with Crippen molar-refractivity contribution in [3.63, 3.8) is 0 Å². The number of amides is 2. The normalized spacial score (nSPS) is 26.2. The molecule has 3 aliphatic rings. The number of imide groups is 1. The Bertz CT molecular complexity index is 1030. The van der Waals surface area contributed by atoms with Gasteiger partial charge in [0.05, 0.1) is 24.1 Å². The Morgan fingerprint density at radius 1 is 1.12 bits per heavy atom. The Hall–Kier alpha value is -3.42. The summed E-state index contributed by atoms with van der Waals surface area (Å²) in [5.41, 5.74) is 2.05. The lowest BCUT2D eigenvalue weighted by molar-refractivity contribution is -0.140. The number of carbonyl (C=O) groups excluding carboxylic acids is 2. The van der Waals surface area contributed by atoms with Crippen molar-refractivity contribution in [2.75, 3.05) is 19.6 Å². The molecule has 2 amide bonds. The minimum absolute atomic E-state index is 0.00368. The number of nitrogens with one attached hydrogen (secondary N) is 2. The highest BCUT2D eigenvalue weighted by atomic mass is 16.2. The molecule has 2 aromatic rings. The van der Waals surface area contributed by atoms with Crippen molar-refractivity contribution in [2.24, 2.45) is 28.7 Å². The van der Waals surface area contributed by atoms with Crippen LogP contribution in [-0.2, 0) is 16.1 Å². The molecule has 2 N–H and O–H groups in total. The number of aliphatic imine (C=N–C) groups is 1. The molecule has 5 rings (SSSR count). The number of rotatable bonds is 7. The van der Waals surface area contributed by atoms with Crippen molar-refractivity contribution < 1.29 is 9.59 Å². The first-order valence-electron chi connectivity index (χ1n) is 11.3. The Morgan fingerprint density at radius 2 is 1.91 bits per heavy atom. The number of nitrogens with zero attached hydrogens (tertiary/aromatic N) is 4. The van der Waals surface area contributed by atoms with E-state index in [9.17, 15) is 9.59 Å². The minimum Gasteiger partial charge on any atom is -0.357 e. The zero-order valence-electron chi connectivity index (χ0n) is 18.1. The van der Waals surface area contributed by atoms with Gasteiger partial charge in [0.2, 0.25) is 11.8 Å². The SMILES string of the molecule is CCNC(=NCc1cccc(-n2cccn2)c1)NCCN1C(=O)C2C3C=CC(C3)C2C1=O. The van der Waals surface area contributed by atoms with Crippen molar-refractivity contribution in [2.45, 2.75) is 19.9 Å². The van der Waals surface area contributed by atoms with Gasteiger partial charge in [-0.05, 0) is 48.9 Å². The number of carbonyl (C=O) groups is 2. The predicted octanol–water partition coefficient (Wildman–Crippen LogP) is 1.73. The average Bonchev–Trinajstić information content (AvgIpc) is 3.59. The number of fused-ring (bicyclic) bond motifs is 5. The molecule has 32 heavy (non-hydrogen) atoms. The molecule has 0 spiro atoms. The zero-order chi connectivity index (χ0) is 22.1. The van der Waals surface area contributed by atoms with Gasteiger partial charge in [0.25, 0.3) is 0 Å². The van der Waals surface area contributed by atoms with E-state index in [2.05, 4.69) is 38.9 Å². The molecular weight excluding hydrogens is 404 g/mol. The zero-order valence-corrected chi connectivity index (χ0v) is 18.1. The molecule has 4 unspecified atom stereocenters. The predicted molar refractivity (Wildman–Crippen MR) is 121 cm³/mol. The Labute approximate surface area is 187 Å². The van der Waals surface area contributed by atoms with Gasteiger partial charge >= 0.3 is 0 Å². The van der Waals surface area contributed by atoms with E-state index < -0.39 is 0 Å². The summed E-state index contributed by atoms with van der Waals surface area (Å²) in [6.45, 7) is 4.07. The summed E-state index contributed by atoms with van der Waals surface area (Å²) < 4.78 is 1.82. The van der Waals surface area contributed by atoms with Crippen LogP contribution in [0.25, 0.3) is 5.69 Å². The van der Waals surface area contributed by atoms with Gasteiger partial charge in [0, 0.05) is 32.0 Å². The van der Waals surface area contributed by atoms with Crippen molar-refractivity contribution in [1.82, 2.24) is 25.3 Å². The lowest BCUT2D eigenvalue weighted by Gasteiger charge is -2.18. The summed E-state index contributed by atoms with van der Waals surface area (Å²) in [5.74, 6) is 0.875. The average molecular weight is 433 g/mol. The molecule has 0 radical (unpaired) electrons. The maximum Gasteiger partial charge on any atom is 0.233 e. The Balaban J connectivity index is 1.19. The second-order valence-corrected chi connectivity index (χ2v) is 8.57. The fourth-order valence-electron chi connectivity index (χ4n) is 5.20. The highest BCUT2D eigenvalue weighted by molar-refractivity contribution is 6.06. The summed E-state index contributed by atoms with van der Waals surface area (Å²) in [6, 6.07) is 9.98. The molecular formula is C24H28N6O2. The quantitative estimate of drug-likeness (QED) is 0.301. The van der Waals surface area contributed by atoms with Crippen molar-refractivity contribution in [3.8, 4) is 5.69 Å². The summed E-state index contributed by atoms with van der Waals surface area (Å²) in [5, 5.41) is 10.8. The second-order valence-electron chi connectivity index (χ2n) is 8.57. The summed E-state index contributed by atoms with van der Waals surface area (Å²) >= 11 is 0. The lowest BCUT2D eigenvalue weighted by atomic mass is 9.85. The second kappa shape index (κ2) is 8.61. The monoisotopic (exact) mass is 432 g/mol. The third-order valence-corrected chi connectivity index (χ3v) is 6.63. The third-order valence-electron chi connectivity index (χ3n) is 6.63. The van der Waals surface area contributed by atoms with E-state index in [4.69, 9.17) is 0 Å². The van der Waals surface area contributed by atoms with E-state index in [-0.39, 0.29) is 35.5 Å². The van der Waals surface area contributed by atoms with Crippen LogP contribution in [0.1, 0.15) is 18.9 Å². The molecule has 1 aromatic carbocycles. The van der Waals surface area contributed by atoms with Crippen LogP contribution >= 0.6 is 0 Å². The van der Waals surface area contributed by atoms with Crippen LogP contribution in [0.4, 0.5) is 0 Å². The van der Waals surface area contributed by atoms with Gasteiger partial charge in [-0.15, -0.1) is 0 Å². The van der Waals surface area contributed by atoms with Crippen molar-refractivity contribution >= 4 is 17.8 Å². The molecule has 8 heteroatoms. The van der Waals surface area contributed by atoms with Crippen LogP contribution in [0.3, 0.4) is 0 Å². The Morgan fingerprint density at radius 3 is 2.59 bits per heavy atom. The molecule has 1 saturated carbocycles. The number of benzene rings is 1. The first kappa shape index (κ1) is 20.5. The summed E-state index contributed by atoms with van der Waals surface area (Å²) in [6.07, 6.45) is 8.86. The minimum atomic E-state index is -0.138. The maximum absolute atomic E-state index is 12.8. The number of hydrogen-bond donors (Lipinski definition) is 2. The summed E-state index contributed by atoms with van der Waals surface area (Å²) in [7, 11) is 0. The molecule has 2 aliphatic carbocycles. The van der Waals surface area contributed by atoms with Gasteiger partial charge in [-0.25, -0.2) is 9.67 Å². The number of hydrogen-bond acceptors (Lipinski definition) is 4.